The molecule has 1 saturated heterocycles. The molecule has 4 aliphatic rings. The minimum absolute atomic E-state index is 0.0490. The Balaban J connectivity index is 1.52. The molecule has 8 nitrogen and oxygen atoms in total. The van der Waals surface area contributed by atoms with Gasteiger partial charge in [-0.2, -0.15) is 4.31 Å². The second-order valence-corrected chi connectivity index (χ2v) is 14.1. The molecule has 9 heteroatoms. The number of likely N-dealkylation sites (tertiary alicyclic amines) is 1. The predicted molar refractivity (Wildman–Crippen MR) is 147 cm³/mol. The van der Waals surface area contributed by atoms with Crippen LogP contribution in [0, 0.1) is 5.92 Å². The summed E-state index contributed by atoms with van der Waals surface area (Å²) in [5.74, 6) is 0.125. The van der Waals surface area contributed by atoms with Crippen LogP contribution in [0.25, 0.3) is 0 Å². The van der Waals surface area contributed by atoms with E-state index in [0.29, 0.717) is 38.0 Å². The van der Waals surface area contributed by atoms with Gasteiger partial charge in [-0.1, -0.05) is 50.2 Å². The molecule has 1 spiro atoms. The molecule has 6 rings (SSSR count). The van der Waals surface area contributed by atoms with E-state index in [9.17, 15) is 18.3 Å². The topological polar surface area (TPSA) is 96.4 Å². The number of phenols is 1. The van der Waals surface area contributed by atoms with E-state index in [-0.39, 0.29) is 29.4 Å². The highest BCUT2D eigenvalue weighted by Crippen LogP contribution is 2.67. The lowest BCUT2D eigenvalue weighted by Gasteiger charge is -2.65. The maximum atomic E-state index is 14.1. The third-order valence-electron chi connectivity index (χ3n) is 9.45. The molecule has 2 aromatic rings. The summed E-state index contributed by atoms with van der Waals surface area (Å²) in [5, 5.41) is 11.0. The summed E-state index contributed by atoms with van der Waals surface area (Å²) >= 11 is 0. The number of phenolic OH excluding ortho intramolecular Hbond substituents is 1. The zero-order valence-electron chi connectivity index (χ0n) is 23.1. The van der Waals surface area contributed by atoms with Crippen molar-refractivity contribution in [1.29, 1.82) is 0 Å². The van der Waals surface area contributed by atoms with Crippen LogP contribution in [0.4, 0.5) is 0 Å². The molecule has 2 fully saturated rings. The van der Waals surface area contributed by atoms with Crippen LogP contribution in [-0.4, -0.2) is 72.6 Å². The van der Waals surface area contributed by atoms with Gasteiger partial charge in [-0.05, 0) is 62.4 Å². The molecule has 0 unspecified atom stereocenters. The molecular weight excluding hydrogens is 516 g/mol. The highest BCUT2D eigenvalue weighted by Gasteiger charge is 2.75. The van der Waals surface area contributed by atoms with Crippen LogP contribution in [0.5, 0.6) is 11.5 Å². The summed E-state index contributed by atoms with van der Waals surface area (Å²) < 4.78 is 43.0. The van der Waals surface area contributed by atoms with Crippen LogP contribution < -0.4 is 4.74 Å². The van der Waals surface area contributed by atoms with Crippen molar-refractivity contribution in [1.82, 2.24) is 9.21 Å². The number of piperidine rings is 1. The lowest BCUT2D eigenvalue weighted by molar-refractivity contribution is -0.219. The Morgan fingerprint density at radius 2 is 1.95 bits per heavy atom. The third-order valence-corrected chi connectivity index (χ3v) is 11.3. The van der Waals surface area contributed by atoms with Crippen molar-refractivity contribution in [3.8, 4) is 11.5 Å². The Kier molecular flexibility index (Phi) is 6.28. The molecule has 210 valence electrons. The number of hydrogen-bond donors (Lipinski definition) is 1. The molecule has 2 aliphatic carbocycles. The Morgan fingerprint density at radius 1 is 1.21 bits per heavy atom. The average Bonchev–Trinajstić information content (AvgIpc) is 3.22. The number of rotatable bonds is 7. The molecule has 2 aromatic carbocycles. The van der Waals surface area contributed by atoms with E-state index in [4.69, 9.17) is 9.47 Å². The summed E-state index contributed by atoms with van der Waals surface area (Å²) in [6.07, 6.45) is 1.75. The molecule has 0 amide bonds. The summed E-state index contributed by atoms with van der Waals surface area (Å²) in [6, 6.07) is 12.4. The van der Waals surface area contributed by atoms with Gasteiger partial charge in [0.05, 0.1) is 23.3 Å². The van der Waals surface area contributed by atoms with Gasteiger partial charge in [-0.3, -0.25) is 9.69 Å². The number of benzene rings is 2. The molecule has 5 atom stereocenters. The van der Waals surface area contributed by atoms with Crippen LogP contribution in [0.15, 0.2) is 42.5 Å². The molecular formula is C30H38N2O6S. The van der Waals surface area contributed by atoms with Crippen molar-refractivity contribution in [3.63, 3.8) is 0 Å². The molecule has 2 heterocycles. The first kappa shape index (κ1) is 26.6. The first-order valence-electron chi connectivity index (χ1n) is 14.0. The van der Waals surface area contributed by atoms with Crippen molar-refractivity contribution in [2.45, 2.75) is 81.4 Å². The summed E-state index contributed by atoms with van der Waals surface area (Å²) in [7, 11) is -1.66. The van der Waals surface area contributed by atoms with Crippen LogP contribution in [-0.2, 0) is 37.1 Å². The molecule has 1 N–H and O–H groups in total. The maximum absolute atomic E-state index is 14.1. The van der Waals surface area contributed by atoms with Crippen LogP contribution >= 0.6 is 0 Å². The van der Waals surface area contributed by atoms with Crippen molar-refractivity contribution in [2.75, 3.05) is 20.1 Å². The summed E-state index contributed by atoms with van der Waals surface area (Å²) in [6.45, 7) is 6.61. The molecule has 0 aromatic heterocycles. The summed E-state index contributed by atoms with van der Waals surface area (Å²) in [4.78, 5) is 15.0. The normalized spacial score (nSPS) is 31.2. The number of likely N-dealkylation sites (N-methyl/N-ethyl adjacent to an activating group) is 1. The second-order valence-electron chi connectivity index (χ2n) is 12.2. The quantitative estimate of drug-likeness (QED) is 0.523. The Bertz CT molecular complexity index is 1400. The third kappa shape index (κ3) is 3.84. The van der Waals surface area contributed by atoms with E-state index in [0.717, 1.165) is 23.2 Å². The maximum Gasteiger partial charge on any atom is 0.303 e. The van der Waals surface area contributed by atoms with Gasteiger partial charge in [0.2, 0.25) is 10.0 Å². The van der Waals surface area contributed by atoms with Crippen LogP contribution in [0.3, 0.4) is 0 Å². The molecule has 39 heavy (non-hydrogen) atoms. The number of carbonyl (C=O) groups is 1. The minimum Gasteiger partial charge on any atom is -0.504 e. The van der Waals surface area contributed by atoms with Gasteiger partial charge in [0, 0.05) is 19.0 Å². The Labute approximate surface area is 230 Å². The largest absolute Gasteiger partial charge is 0.504 e. The zero-order valence-corrected chi connectivity index (χ0v) is 23.9. The molecule has 2 aliphatic heterocycles. The molecule has 0 radical (unpaired) electrons. The van der Waals surface area contributed by atoms with E-state index >= 15 is 0 Å². The lowest BCUT2D eigenvalue weighted by Crippen LogP contribution is -2.79. The fourth-order valence-electron chi connectivity index (χ4n) is 8.14. The fourth-order valence-corrected chi connectivity index (χ4v) is 10.1. The van der Waals surface area contributed by atoms with Crippen LogP contribution in [0.1, 0.15) is 56.7 Å². The highest BCUT2D eigenvalue weighted by atomic mass is 32.2. The number of esters is 1. The number of hydrogen-bond acceptors (Lipinski definition) is 7. The highest BCUT2D eigenvalue weighted by molar-refractivity contribution is 7.88. The first-order valence-corrected chi connectivity index (χ1v) is 15.6. The smallest absolute Gasteiger partial charge is 0.303 e. The number of ether oxygens (including phenoxy) is 2. The van der Waals surface area contributed by atoms with Crippen molar-refractivity contribution in [3.05, 3.63) is 59.2 Å². The van der Waals surface area contributed by atoms with Gasteiger partial charge >= 0.3 is 5.97 Å². The zero-order chi connectivity index (χ0) is 27.7. The Morgan fingerprint density at radius 3 is 2.64 bits per heavy atom. The second kappa shape index (κ2) is 9.21. The minimum atomic E-state index is -3.73. The van der Waals surface area contributed by atoms with Gasteiger partial charge in [0.25, 0.3) is 0 Å². The van der Waals surface area contributed by atoms with Gasteiger partial charge in [0.15, 0.2) is 11.5 Å². The number of aromatic hydroxyl groups is 1. The predicted octanol–water partition coefficient (Wildman–Crippen LogP) is 3.60. The van der Waals surface area contributed by atoms with E-state index in [1.807, 2.05) is 50.2 Å². The standard InChI is InChI=1S/C30H38N2O6S/c1-19(2)17-32(39(35,36)18-21-8-6-5-7-9-21)23-12-13-30(38-20(3)33)25-16-22-10-11-24(34)27-26(22)29(30,28(23)37-27)14-15-31(25)4/h5-11,19,23,25,28,34H,12-18H2,1-4H3/t23-,25-,28+,29+,30-/m1/s1. The average molecular weight is 555 g/mol. The molecule has 1 saturated carbocycles. The SMILES string of the molecule is CC(=O)O[C@@]12CC[C@@H](N(CC(C)C)S(=O)(=O)Cc3ccccc3)[C@@H]3Oc4c(O)ccc5c4[C@@]31CCN(C)[C@@H]2C5. The van der Waals surface area contributed by atoms with E-state index in [1.54, 1.807) is 10.4 Å². The van der Waals surface area contributed by atoms with E-state index in [1.165, 1.54) is 6.92 Å². The van der Waals surface area contributed by atoms with Gasteiger partial charge in [-0.15, -0.1) is 0 Å². The van der Waals surface area contributed by atoms with Crippen LogP contribution in [0.2, 0.25) is 0 Å². The van der Waals surface area contributed by atoms with E-state index in [2.05, 4.69) is 11.9 Å². The monoisotopic (exact) mass is 554 g/mol. The number of nitrogens with zero attached hydrogens (tertiary/aromatic N) is 2. The van der Waals surface area contributed by atoms with Crippen molar-refractivity contribution < 1.29 is 27.8 Å². The molecule has 2 bridgehead atoms. The fraction of sp³-hybridized carbons (Fsp3) is 0.567. The number of carbonyl (C=O) groups excluding carboxylic acids is 1. The lowest BCUT2D eigenvalue weighted by atomic mass is 9.48. The van der Waals surface area contributed by atoms with Crippen molar-refractivity contribution in [2.24, 2.45) is 5.92 Å². The van der Waals surface area contributed by atoms with E-state index < -0.39 is 33.2 Å². The van der Waals surface area contributed by atoms with Gasteiger partial charge in [0.1, 0.15) is 11.7 Å². The summed E-state index contributed by atoms with van der Waals surface area (Å²) in [5.41, 5.74) is 1.10. The Hall–Kier alpha value is -2.62. The van der Waals surface area contributed by atoms with Gasteiger partial charge < -0.3 is 14.6 Å². The first-order chi connectivity index (χ1) is 18.5. The number of sulfonamides is 1. The van der Waals surface area contributed by atoms with Crippen molar-refractivity contribution >= 4 is 16.0 Å². The van der Waals surface area contributed by atoms with Gasteiger partial charge in [-0.25, -0.2) is 8.42 Å².